The summed E-state index contributed by atoms with van der Waals surface area (Å²) in [5, 5.41) is 4.51. The summed E-state index contributed by atoms with van der Waals surface area (Å²) >= 11 is 0. The molecule has 0 amide bonds. The number of fused-ring (bicyclic) bond motifs is 5. The lowest BCUT2D eigenvalue weighted by atomic mass is 9.97. The summed E-state index contributed by atoms with van der Waals surface area (Å²) in [6, 6.07) is 72.4. The van der Waals surface area contributed by atoms with E-state index in [9.17, 15) is 0 Å². The van der Waals surface area contributed by atoms with Crippen molar-refractivity contribution in [2.24, 2.45) is 0 Å². The van der Waals surface area contributed by atoms with Crippen LogP contribution in [-0.4, -0.2) is 4.98 Å². The smallest absolute Gasteiger partial charge is 0.227 e. The lowest BCUT2D eigenvalue weighted by molar-refractivity contribution is 0.621. The second kappa shape index (κ2) is 13.6. The van der Waals surface area contributed by atoms with E-state index in [1.165, 1.54) is 27.5 Å². The Labute approximate surface area is 329 Å². The van der Waals surface area contributed by atoms with Crippen molar-refractivity contribution in [2.45, 2.75) is 0 Å². The third-order valence-electron chi connectivity index (χ3n) is 10.9. The van der Waals surface area contributed by atoms with Gasteiger partial charge in [0.1, 0.15) is 16.7 Å². The Kier molecular flexibility index (Phi) is 7.78. The van der Waals surface area contributed by atoms with Gasteiger partial charge in [0.2, 0.25) is 5.89 Å². The zero-order valence-corrected chi connectivity index (χ0v) is 30.8. The standard InChI is InChI=1S/C53H34N2O2/c1-3-12-35(13-4-1)37-24-28-43(29-25-37)55(45-19-11-18-41(33-45)42-23-22-36-14-7-8-17-40(36)32-42)44-30-26-38(27-31-44)50-51-46-20-9-10-21-48(46)56-49(51)34-47-52(50)57-53(54-47)39-15-5-2-6-16-39/h1-34H. The summed E-state index contributed by atoms with van der Waals surface area (Å²) in [6.45, 7) is 0. The van der Waals surface area contributed by atoms with Crippen LogP contribution in [0.15, 0.2) is 215 Å². The highest BCUT2D eigenvalue weighted by atomic mass is 16.4. The van der Waals surface area contributed by atoms with Crippen LogP contribution in [0.5, 0.6) is 0 Å². The molecule has 0 aliphatic rings. The molecule has 9 aromatic carbocycles. The number of furan rings is 1. The van der Waals surface area contributed by atoms with Crippen molar-refractivity contribution in [3.05, 3.63) is 206 Å². The minimum absolute atomic E-state index is 0.580. The maximum Gasteiger partial charge on any atom is 0.227 e. The predicted octanol–water partition coefficient (Wildman–Crippen LogP) is 15.0. The molecule has 57 heavy (non-hydrogen) atoms. The van der Waals surface area contributed by atoms with Crippen LogP contribution in [0.4, 0.5) is 17.1 Å². The number of rotatable bonds is 7. The molecule has 0 saturated heterocycles. The van der Waals surface area contributed by atoms with E-state index < -0.39 is 0 Å². The maximum atomic E-state index is 6.65. The molecule has 0 fully saturated rings. The molecule has 11 rings (SSSR count). The van der Waals surface area contributed by atoms with E-state index >= 15 is 0 Å². The highest BCUT2D eigenvalue weighted by Gasteiger charge is 2.22. The van der Waals surface area contributed by atoms with Crippen molar-refractivity contribution in [1.29, 1.82) is 0 Å². The van der Waals surface area contributed by atoms with Gasteiger partial charge in [0, 0.05) is 45.0 Å². The van der Waals surface area contributed by atoms with Crippen LogP contribution in [-0.2, 0) is 0 Å². The van der Waals surface area contributed by atoms with Gasteiger partial charge in [-0.1, -0.05) is 140 Å². The Balaban J connectivity index is 1.06. The fourth-order valence-corrected chi connectivity index (χ4v) is 8.10. The van der Waals surface area contributed by atoms with Crippen molar-refractivity contribution in [2.75, 3.05) is 4.90 Å². The molecule has 0 radical (unpaired) electrons. The minimum Gasteiger partial charge on any atom is -0.456 e. The number of aromatic nitrogens is 1. The maximum absolute atomic E-state index is 6.65. The van der Waals surface area contributed by atoms with E-state index in [0.717, 1.165) is 72.4 Å². The fourth-order valence-electron chi connectivity index (χ4n) is 8.10. The van der Waals surface area contributed by atoms with Gasteiger partial charge in [-0.2, -0.15) is 0 Å². The molecular formula is C53H34N2O2. The monoisotopic (exact) mass is 730 g/mol. The Morgan fingerprint density at radius 1 is 0.368 bits per heavy atom. The largest absolute Gasteiger partial charge is 0.456 e. The zero-order valence-electron chi connectivity index (χ0n) is 30.8. The van der Waals surface area contributed by atoms with Crippen molar-refractivity contribution in [3.63, 3.8) is 0 Å². The molecule has 0 aliphatic carbocycles. The molecule has 11 aromatic rings. The Morgan fingerprint density at radius 2 is 0.965 bits per heavy atom. The number of hydrogen-bond acceptors (Lipinski definition) is 4. The zero-order chi connectivity index (χ0) is 37.7. The molecule has 0 bridgehead atoms. The summed E-state index contributed by atoms with van der Waals surface area (Å²) < 4.78 is 13.1. The van der Waals surface area contributed by atoms with Gasteiger partial charge < -0.3 is 13.7 Å². The van der Waals surface area contributed by atoms with E-state index in [1.807, 2.05) is 48.5 Å². The average molecular weight is 731 g/mol. The number of nitrogens with zero attached hydrogens (tertiary/aromatic N) is 2. The topological polar surface area (TPSA) is 42.4 Å². The SMILES string of the molecule is c1ccc(-c2ccc(N(c3ccc(-c4c5oc(-c6ccccc6)nc5cc5oc6ccccc6c45)cc3)c3cccc(-c4ccc5ccccc5c4)c3)cc2)cc1. The lowest BCUT2D eigenvalue weighted by Crippen LogP contribution is -2.10. The number of hydrogen-bond donors (Lipinski definition) is 0. The van der Waals surface area contributed by atoms with Gasteiger partial charge in [0.25, 0.3) is 0 Å². The van der Waals surface area contributed by atoms with Gasteiger partial charge in [0.15, 0.2) is 5.58 Å². The van der Waals surface area contributed by atoms with Gasteiger partial charge in [-0.3, -0.25) is 0 Å². The van der Waals surface area contributed by atoms with Crippen LogP contribution in [0.25, 0.3) is 88.6 Å². The summed E-state index contributed by atoms with van der Waals surface area (Å²) in [4.78, 5) is 7.29. The molecule has 4 heteroatoms. The normalized spacial score (nSPS) is 11.5. The summed E-state index contributed by atoms with van der Waals surface area (Å²) in [5.74, 6) is 0.580. The Morgan fingerprint density at radius 3 is 1.74 bits per heavy atom. The van der Waals surface area contributed by atoms with Crippen molar-refractivity contribution >= 4 is 60.9 Å². The van der Waals surface area contributed by atoms with E-state index in [-0.39, 0.29) is 0 Å². The van der Waals surface area contributed by atoms with Crippen LogP contribution >= 0.6 is 0 Å². The van der Waals surface area contributed by atoms with Crippen LogP contribution < -0.4 is 4.90 Å². The second-order valence-electron chi connectivity index (χ2n) is 14.4. The minimum atomic E-state index is 0.580. The molecule has 0 spiro atoms. The van der Waals surface area contributed by atoms with Crippen molar-refractivity contribution in [1.82, 2.24) is 4.98 Å². The first-order valence-electron chi connectivity index (χ1n) is 19.2. The molecule has 0 N–H and O–H groups in total. The number of benzene rings is 9. The van der Waals surface area contributed by atoms with Crippen LogP contribution in [0, 0.1) is 0 Å². The molecule has 0 unspecified atom stereocenters. The van der Waals surface area contributed by atoms with E-state index in [1.54, 1.807) is 0 Å². The Bertz CT molecular complexity index is 3220. The number of anilines is 3. The third-order valence-corrected chi connectivity index (χ3v) is 10.9. The van der Waals surface area contributed by atoms with Gasteiger partial charge in [-0.05, 0) is 99.3 Å². The van der Waals surface area contributed by atoms with Gasteiger partial charge in [-0.25, -0.2) is 4.98 Å². The van der Waals surface area contributed by atoms with E-state index in [4.69, 9.17) is 13.8 Å². The molecule has 0 atom stereocenters. The molecule has 2 heterocycles. The van der Waals surface area contributed by atoms with Crippen molar-refractivity contribution < 1.29 is 8.83 Å². The molecular weight excluding hydrogens is 697 g/mol. The lowest BCUT2D eigenvalue weighted by Gasteiger charge is -2.26. The highest BCUT2D eigenvalue weighted by molar-refractivity contribution is 6.19. The summed E-state index contributed by atoms with van der Waals surface area (Å²) in [7, 11) is 0. The predicted molar refractivity (Wildman–Crippen MR) is 235 cm³/mol. The molecule has 268 valence electrons. The molecule has 4 nitrogen and oxygen atoms in total. The van der Waals surface area contributed by atoms with Gasteiger partial charge in [0.05, 0.1) is 0 Å². The third kappa shape index (κ3) is 5.83. The quantitative estimate of drug-likeness (QED) is 0.164. The fraction of sp³-hybridized carbons (Fsp3) is 0. The molecule has 2 aromatic heterocycles. The van der Waals surface area contributed by atoms with Crippen molar-refractivity contribution in [3.8, 4) is 44.8 Å². The molecule has 0 saturated carbocycles. The molecule has 0 aliphatic heterocycles. The van der Waals surface area contributed by atoms with Gasteiger partial charge >= 0.3 is 0 Å². The number of oxazole rings is 1. The average Bonchev–Trinajstić information content (AvgIpc) is 3.88. The first-order chi connectivity index (χ1) is 28.2. The summed E-state index contributed by atoms with van der Waals surface area (Å²) in [5.41, 5.74) is 13.9. The van der Waals surface area contributed by atoms with Gasteiger partial charge in [-0.15, -0.1) is 0 Å². The first-order valence-corrected chi connectivity index (χ1v) is 19.2. The first kappa shape index (κ1) is 32.7. The Hall–Kier alpha value is -7.69. The second-order valence-corrected chi connectivity index (χ2v) is 14.4. The van der Waals surface area contributed by atoms with Crippen LogP contribution in [0.3, 0.4) is 0 Å². The van der Waals surface area contributed by atoms with E-state index in [0.29, 0.717) is 5.89 Å². The van der Waals surface area contributed by atoms with Crippen LogP contribution in [0.2, 0.25) is 0 Å². The highest BCUT2D eigenvalue weighted by Crippen LogP contribution is 2.44. The summed E-state index contributed by atoms with van der Waals surface area (Å²) in [6.07, 6.45) is 0. The van der Waals surface area contributed by atoms with Crippen LogP contribution in [0.1, 0.15) is 0 Å². The van der Waals surface area contributed by atoms with E-state index in [2.05, 4.69) is 163 Å². The number of para-hydroxylation sites is 1.